The van der Waals surface area contributed by atoms with Crippen LogP contribution >= 0.6 is 0 Å². The first-order valence-corrected chi connectivity index (χ1v) is 7.41. The van der Waals surface area contributed by atoms with Crippen molar-refractivity contribution in [2.24, 2.45) is 0 Å². The van der Waals surface area contributed by atoms with Crippen LogP contribution in [0.4, 0.5) is 5.69 Å². The summed E-state index contributed by atoms with van der Waals surface area (Å²) >= 11 is 0. The second-order valence-electron chi connectivity index (χ2n) is 5.15. The standard InChI is InChI=1S/C17H16N4O3/c22-9-8-21-11-13(10-18-21)19-16(23)14-6-7-15(20-17(14)24)12-4-2-1-3-5-12/h1-7,10-11,22H,8-9H2,(H,19,23)(H,20,24). The fourth-order valence-corrected chi connectivity index (χ4v) is 2.29. The largest absolute Gasteiger partial charge is 0.394 e. The minimum Gasteiger partial charge on any atom is -0.394 e. The summed E-state index contributed by atoms with van der Waals surface area (Å²) < 4.78 is 1.50. The van der Waals surface area contributed by atoms with Gasteiger partial charge in [-0.3, -0.25) is 14.3 Å². The van der Waals surface area contributed by atoms with Crippen molar-refractivity contribution in [2.75, 3.05) is 11.9 Å². The van der Waals surface area contributed by atoms with Gasteiger partial charge in [0.25, 0.3) is 11.5 Å². The molecule has 3 rings (SSSR count). The lowest BCUT2D eigenvalue weighted by atomic mass is 10.1. The van der Waals surface area contributed by atoms with Crippen molar-refractivity contribution in [1.82, 2.24) is 14.8 Å². The van der Waals surface area contributed by atoms with Crippen LogP contribution in [0.15, 0.2) is 59.7 Å². The molecular formula is C17H16N4O3. The number of aromatic amines is 1. The number of carbonyl (C=O) groups is 1. The molecule has 0 aliphatic carbocycles. The number of carbonyl (C=O) groups excluding carboxylic acids is 1. The first-order valence-electron chi connectivity index (χ1n) is 7.41. The molecule has 2 aromatic heterocycles. The molecule has 0 spiro atoms. The van der Waals surface area contributed by atoms with Crippen LogP contribution in [0.25, 0.3) is 11.3 Å². The van der Waals surface area contributed by atoms with Crippen LogP contribution in [-0.4, -0.2) is 32.4 Å². The van der Waals surface area contributed by atoms with Crippen LogP contribution in [-0.2, 0) is 6.54 Å². The van der Waals surface area contributed by atoms with Gasteiger partial charge < -0.3 is 15.4 Å². The molecule has 7 heteroatoms. The third-order valence-electron chi connectivity index (χ3n) is 3.46. The first kappa shape index (κ1) is 15.7. The number of aliphatic hydroxyl groups excluding tert-OH is 1. The molecule has 122 valence electrons. The molecular weight excluding hydrogens is 308 g/mol. The zero-order chi connectivity index (χ0) is 16.9. The topological polar surface area (TPSA) is 100 Å². The minimum absolute atomic E-state index is 0.0181. The summed E-state index contributed by atoms with van der Waals surface area (Å²) in [4.78, 5) is 27.1. The predicted molar refractivity (Wildman–Crippen MR) is 89.8 cm³/mol. The van der Waals surface area contributed by atoms with E-state index in [1.54, 1.807) is 12.3 Å². The number of nitrogens with one attached hydrogen (secondary N) is 2. The number of aromatic nitrogens is 3. The molecule has 3 N–H and O–H groups in total. The Bertz CT molecular complexity index is 899. The van der Waals surface area contributed by atoms with Gasteiger partial charge in [-0.05, 0) is 17.7 Å². The predicted octanol–water partition coefficient (Wildman–Crippen LogP) is 1.48. The van der Waals surface area contributed by atoms with Gasteiger partial charge in [0.05, 0.1) is 25.0 Å². The Hall–Kier alpha value is -3.19. The molecule has 0 fully saturated rings. The molecule has 0 saturated heterocycles. The molecule has 1 amide bonds. The van der Waals surface area contributed by atoms with Crippen LogP contribution < -0.4 is 10.9 Å². The Labute approximate surface area is 137 Å². The number of pyridine rings is 1. The highest BCUT2D eigenvalue weighted by molar-refractivity contribution is 6.04. The van der Waals surface area contributed by atoms with E-state index in [1.165, 1.54) is 16.9 Å². The van der Waals surface area contributed by atoms with Gasteiger partial charge in [-0.25, -0.2) is 0 Å². The molecule has 0 bridgehead atoms. The number of anilines is 1. The number of H-pyrrole nitrogens is 1. The summed E-state index contributed by atoms with van der Waals surface area (Å²) in [5.41, 5.74) is 1.53. The number of nitrogens with zero attached hydrogens (tertiary/aromatic N) is 2. The van der Waals surface area contributed by atoms with Crippen molar-refractivity contribution in [3.63, 3.8) is 0 Å². The van der Waals surface area contributed by atoms with Crippen LogP contribution in [0.5, 0.6) is 0 Å². The smallest absolute Gasteiger partial charge is 0.261 e. The number of aliphatic hydroxyl groups is 1. The lowest BCUT2D eigenvalue weighted by molar-refractivity contribution is 0.102. The maximum absolute atomic E-state index is 12.2. The van der Waals surface area contributed by atoms with E-state index in [-0.39, 0.29) is 12.2 Å². The van der Waals surface area contributed by atoms with Gasteiger partial charge in [-0.15, -0.1) is 0 Å². The summed E-state index contributed by atoms with van der Waals surface area (Å²) in [6.45, 7) is 0.290. The summed E-state index contributed by atoms with van der Waals surface area (Å²) in [7, 11) is 0. The second-order valence-corrected chi connectivity index (χ2v) is 5.15. The number of rotatable bonds is 5. The first-order chi connectivity index (χ1) is 11.7. The van der Waals surface area contributed by atoms with Crippen LogP contribution in [0.3, 0.4) is 0 Å². The SMILES string of the molecule is O=C(Nc1cnn(CCO)c1)c1ccc(-c2ccccc2)[nH]c1=O. The highest BCUT2D eigenvalue weighted by Crippen LogP contribution is 2.15. The quantitative estimate of drug-likeness (QED) is 0.662. The van der Waals surface area contributed by atoms with Gasteiger partial charge in [0.1, 0.15) is 5.56 Å². The Kier molecular flexibility index (Phi) is 4.53. The fourth-order valence-electron chi connectivity index (χ4n) is 2.29. The van der Waals surface area contributed by atoms with Gasteiger partial charge in [0.15, 0.2) is 0 Å². The number of benzene rings is 1. The Balaban J connectivity index is 1.79. The molecule has 0 aliphatic rings. The van der Waals surface area contributed by atoms with Gasteiger partial charge in [-0.2, -0.15) is 5.10 Å². The molecule has 0 radical (unpaired) electrons. The number of hydrogen-bond acceptors (Lipinski definition) is 4. The Morgan fingerprint density at radius 1 is 1.21 bits per heavy atom. The minimum atomic E-state index is -0.514. The normalized spacial score (nSPS) is 10.5. The molecule has 0 saturated carbocycles. The van der Waals surface area contributed by atoms with Gasteiger partial charge >= 0.3 is 0 Å². The summed E-state index contributed by atoms with van der Waals surface area (Å²) in [5, 5.41) is 15.4. The van der Waals surface area contributed by atoms with Crippen molar-refractivity contribution in [1.29, 1.82) is 0 Å². The molecule has 7 nitrogen and oxygen atoms in total. The van der Waals surface area contributed by atoms with E-state index in [2.05, 4.69) is 15.4 Å². The highest BCUT2D eigenvalue weighted by Gasteiger charge is 2.12. The maximum Gasteiger partial charge on any atom is 0.261 e. The van der Waals surface area contributed by atoms with Crippen molar-refractivity contribution in [2.45, 2.75) is 6.54 Å². The maximum atomic E-state index is 12.2. The van der Waals surface area contributed by atoms with Crippen molar-refractivity contribution >= 4 is 11.6 Å². The van der Waals surface area contributed by atoms with Gasteiger partial charge in [-0.1, -0.05) is 30.3 Å². The summed E-state index contributed by atoms with van der Waals surface area (Å²) in [6.07, 6.45) is 3.04. The average molecular weight is 324 g/mol. The summed E-state index contributed by atoms with van der Waals surface area (Å²) in [6, 6.07) is 12.6. The van der Waals surface area contributed by atoms with E-state index < -0.39 is 11.5 Å². The van der Waals surface area contributed by atoms with E-state index in [9.17, 15) is 9.59 Å². The van der Waals surface area contributed by atoms with E-state index in [4.69, 9.17) is 5.11 Å². The monoisotopic (exact) mass is 324 g/mol. The second kappa shape index (κ2) is 6.93. The average Bonchev–Trinajstić information content (AvgIpc) is 3.03. The summed E-state index contributed by atoms with van der Waals surface area (Å²) in [5.74, 6) is -0.514. The third kappa shape index (κ3) is 3.41. The lowest BCUT2D eigenvalue weighted by Gasteiger charge is -2.04. The van der Waals surface area contributed by atoms with Crippen LogP contribution in [0.1, 0.15) is 10.4 Å². The molecule has 2 heterocycles. The van der Waals surface area contributed by atoms with Crippen LogP contribution in [0.2, 0.25) is 0 Å². The number of hydrogen-bond donors (Lipinski definition) is 3. The molecule has 24 heavy (non-hydrogen) atoms. The van der Waals surface area contributed by atoms with E-state index >= 15 is 0 Å². The van der Waals surface area contributed by atoms with Crippen molar-refractivity contribution in [3.05, 3.63) is 70.8 Å². The van der Waals surface area contributed by atoms with E-state index in [1.807, 2.05) is 30.3 Å². The van der Waals surface area contributed by atoms with Gasteiger partial charge in [0, 0.05) is 11.9 Å². The third-order valence-corrected chi connectivity index (χ3v) is 3.46. The highest BCUT2D eigenvalue weighted by atomic mass is 16.3. The van der Waals surface area contributed by atoms with E-state index in [0.29, 0.717) is 17.9 Å². The molecule has 3 aromatic rings. The molecule has 0 atom stereocenters. The lowest BCUT2D eigenvalue weighted by Crippen LogP contribution is -2.23. The van der Waals surface area contributed by atoms with E-state index in [0.717, 1.165) is 5.56 Å². The Morgan fingerprint density at radius 3 is 2.71 bits per heavy atom. The zero-order valence-electron chi connectivity index (χ0n) is 12.8. The molecule has 0 aliphatic heterocycles. The molecule has 1 aromatic carbocycles. The van der Waals surface area contributed by atoms with Gasteiger partial charge in [0.2, 0.25) is 0 Å². The molecule has 0 unspecified atom stereocenters. The fraction of sp³-hybridized carbons (Fsp3) is 0.118. The van der Waals surface area contributed by atoms with Crippen LogP contribution in [0, 0.1) is 0 Å². The Morgan fingerprint density at radius 2 is 2.00 bits per heavy atom. The van der Waals surface area contributed by atoms with Crippen molar-refractivity contribution < 1.29 is 9.90 Å². The van der Waals surface area contributed by atoms with Crippen molar-refractivity contribution in [3.8, 4) is 11.3 Å². The number of amides is 1. The zero-order valence-corrected chi connectivity index (χ0v) is 12.8.